The van der Waals surface area contributed by atoms with Crippen LogP contribution in [0.15, 0.2) is 48.6 Å². The monoisotopic (exact) mass is 497 g/mol. The summed E-state index contributed by atoms with van der Waals surface area (Å²) < 4.78 is 5.45. The van der Waals surface area contributed by atoms with Gasteiger partial charge < -0.3 is 25.4 Å². The molecule has 2 atom stereocenters. The number of allylic oxidation sites excluding steroid dienone is 2. The fraction of sp³-hybridized carbons (Fsp3) is 0.346. The lowest BCUT2D eigenvalue weighted by atomic mass is 9.82. The van der Waals surface area contributed by atoms with Crippen molar-refractivity contribution in [1.82, 2.24) is 0 Å². The Hall–Kier alpha value is -3.36. The molecule has 8 nitrogen and oxygen atoms in total. The van der Waals surface area contributed by atoms with Gasteiger partial charge in [0.05, 0.1) is 30.6 Å². The van der Waals surface area contributed by atoms with Gasteiger partial charge in [-0.25, -0.2) is 0 Å². The van der Waals surface area contributed by atoms with Crippen LogP contribution in [-0.4, -0.2) is 49.2 Å². The standard InChI is InChI=1S/C26H28ClN3O5/c1-16-6-7-17(27)14-22(16)29-25(32)21-15-18(8-9-23(21)30-10-12-35-13-11-30)28-24(31)19-4-2-3-5-20(19)26(33)34/h2-3,6-9,14-15,19-20H,4-5,10-13H2,1H3,(H,28,31)(H,29,32)(H,33,34)/t19-,20+/m0/s1. The molecule has 2 aromatic carbocycles. The Morgan fingerprint density at radius 3 is 2.43 bits per heavy atom. The van der Waals surface area contributed by atoms with E-state index in [9.17, 15) is 19.5 Å². The molecule has 184 valence electrons. The number of carbonyl (C=O) groups is 3. The number of carboxylic acids is 1. The number of amides is 2. The fourth-order valence-electron chi connectivity index (χ4n) is 4.41. The van der Waals surface area contributed by atoms with Gasteiger partial charge in [0.1, 0.15) is 0 Å². The third-order valence-corrected chi connectivity index (χ3v) is 6.63. The number of rotatable bonds is 6. The van der Waals surface area contributed by atoms with Crippen molar-refractivity contribution >= 4 is 46.4 Å². The molecule has 2 aromatic rings. The third-order valence-electron chi connectivity index (χ3n) is 6.39. The molecule has 1 saturated heterocycles. The number of hydrogen-bond donors (Lipinski definition) is 3. The number of ether oxygens (including phenoxy) is 1. The number of benzene rings is 2. The summed E-state index contributed by atoms with van der Waals surface area (Å²) in [5.41, 5.74) is 3.02. The van der Waals surface area contributed by atoms with Gasteiger partial charge in [0.2, 0.25) is 5.91 Å². The highest BCUT2D eigenvalue weighted by Gasteiger charge is 2.34. The lowest BCUT2D eigenvalue weighted by Gasteiger charge is -2.31. The lowest BCUT2D eigenvalue weighted by molar-refractivity contribution is -0.146. The van der Waals surface area contributed by atoms with E-state index in [1.807, 2.05) is 19.1 Å². The van der Waals surface area contributed by atoms with Crippen LogP contribution in [0.2, 0.25) is 5.02 Å². The zero-order valence-corrected chi connectivity index (χ0v) is 20.2. The van der Waals surface area contributed by atoms with Gasteiger partial charge in [-0.05, 0) is 55.7 Å². The van der Waals surface area contributed by atoms with Crippen LogP contribution in [0.1, 0.15) is 28.8 Å². The molecular formula is C26H28ClN3O5. The van der Waals surface area contributed by atoms with Crippen LogP contribution in [0.4, 0.5) is 17.1 Å². The number of anilines is 3. The maximum atomic E-state index is 13.4. The van der Waals surface area contributed by atoms with Crippen LogP contribution in [0.5, 0.6) is 0 Å². The fourth-order valence-corrected chi connectivity index (χ4v) is 4.58. The van der Waals surface area contributed by atoms with E-state index in [1.165, 1.54) is 0 Å². The molecule has 4 rings (SSSR count). The van der Waals surface area contributed by atoms with Crippen molar-refractivity contribution in [2.75, 3.05) is 41.8 Å². The molecule has 0 aromatic heterocycles. The topological polar surface area (TPSA) is 108 Å². The molecule has 2 amide bonds. The Morgan fingerprint density at radius 2 is 1.71 bits per heavy atom. The Bertz CT molecular complexity index is 1160. The smallest absolute Gasteiger partial charge is 0.307 e. The van der Waals surface area contributed by atoms with Gasteiger partial charge in [0, 0.05) is 35.2 Å². The number of aliphatic carboxylic acids is 1. The third kappa shape index (κ3) is 5.83. The lowest BCUT2D eigenvalue weighted by Crippen LogP contribution is -2.37. The van der Waals surface area contributed by atoms with E-state index < -0.39 is 17.8 Å². The minimum Gasteiger partial charge on any atom is -0.481 e. The first-order chi connectivity index (χ1) is 16.8. The van der Waals surface area contributed by atoms with E-state index in [1.54, 1.807) is 36.4 Å². The SMILES string of the molecule is Cc1ccc(Cl)cc1NC(=O)c1cc(NC(=O)[C@H]2CC=CC[C@H]2C(=O)O)ccc1N1CCOCC1. The summed E-state index contributed by atoms with van der Waals surface area (Å²) in [7, 11) is 0. The number of nitrogens with one attached hydrogen (secondary N) is 2. The number of carbonyl (C=O) groups excluding carboxylic acids is 2. The number of nitrogens with zero attached hydrogens (tertiary/aromatic N) is 1. The van der Waals surface area contributed by atoms with Crippen LogP contribution >= 0.6 is 11.6 Å². The number of carboxylic acid groups (broad SMARTS) is 1. The second kappa shape index (κ2) is 10.9. The normalized spacial score (nSPS) is 19.8. The summed E-state index contributed by atoms with van der Waals surface area (Å²) >= 11 is 6.12. The summed E-state index contributed by atoms with van der Waals surface area (Å²) in [4.78, 5) is 40.1. The first kappa shape index (κ1) is 24.8. The second-order valence-corrected chi connectivity index (χ2v) is 9.16. The van der Waals surface area contributed by atoms with Crippen molar-refractivity contribution in [3.63, 3.8) is 0 Å². The highest BCUT2D eigenvalue weighted by Crippen LogP contribution is 2.30. The van der Waals surface area contributed by atoms with Crippen molar-refractivity contribution in [3.8, 4) is 0 Å². The number of halogens is 1. The van der Waals surface area contributed by atoms with Crippen molar-refractivity contribution < 1.29 is 24.2 Å². The van der Waals surface area contributed by atoms with Crippen molar-refractivity contribution in [3.05, 3.63) is 64.7 Å². The van der Waals surface area contributed by atoms with E-state index in [0.717, 1.165) is 11.3 Å². The Balaban J connectivity index is 1.62. The molecule has 1 fully saturated rings. The van der Waals surface area contributed by atoms with Gasteiger partial charge in [-0.3, -0.25) is 14.4 Å². The quantitative estimate of drug-likeness (QED) is 0.512. The maximum Gasteiger partial charge on any atom is 0.307 e. The Labute approximate surface area is 208 Å². The van der Waals surface area contributed by atoms with E-state index >= 15 is 0 Å². The van der Waals surface area contributed by atoms with Crippen LogP contribution in [0.3, 0.4) is 0 Å². The van der Waals surface area contributed by atoms with Crippen LogP contribution < -0.4 is 15.5 Å². The molecule has 0 unspecified atom stereocenters. The first-order valence-electron chi connectivity index (χ1n) is 11.6. The molecule has 0 bridgehead atoms. The molecule has 1 aliphatic heterocycles. The van der Waals surface area contributed by atoms with E-state index in [2.05, 4.69) is 15.5 Å². The second-order valence-electron chi connectivity index (χ2n) is 8.73. The van der Waals surface area contributed by atoms with Crippen LogP contribution in [-0.2, 0) is 14.3 Å². The first-order valence-corrected chi connectivity index (χ1v) is 11.9. The number of morpholine rings is 1. The summed E-state index contributed by atoms with van der Waals surface area (Å²) in [6.45, 7) is 4.26. The summed E-state index contributed by atoms with van der Waals surface area (Å²) in [5.74, 6) is -3.16. The molecular weight excluding hydrogens is 470 g/mol. The van der Waals surface area contributed by atoms with Gasteiger partial charge in [0.25, 0.3) is 5.91 Å². The van der Waals surface area contributed by atoms with Crippen LogP contribution in [0.25, 0.3) is 0 Å². The summed E-state index contributed by atoms with van der Waals surface area (Å²) in [5, 5.41) is 15.8. The number of hydrogen-bond acceptors (Lipinski definition) is 5. The summed E-state index contributed by atoms with van der Waals surface area (Å²) in [6.07, 6.45) is 4.30. The Kier molecular flexibility index (Phi) is 7.73. The van der Waals surface area contributed by atoms with Crippen molar-refractivity contribution in [1.29, 1.82) is 0 Å². The minimum absolute atomic E-state index is 0.316. The average Bonchev–Trinajstić information content (AvgIpc) is 2.86. The molecule has 1 heterocycles. The van der Waals surface area contributed by atoms with Crippen molar-refractivity contribution in [2.45, 2.75) is 19.8 Å². The van der Waals surface area contributed by atoms with Gasteiger partial charge in [-0.15, -0.1) is 0 Å². The molecule has 35 heavy (non-hydrogen) atoms. The molecule has 0 saturated carbocycles. The van der Waals surface area contributed by atoms with E-state index in [-0.39, 0.29) is 11.8 Å². The number of aryl methyl sites for hydroxylation is 1. The molecule has 0 radical (unpaired) electrons. The molecule has 9 heteroatoms. The predicted octanol–water partition coefficient (Wildman–Crippen LogP) is 4.34. The van der Waals surface area contributed by atoms with Gasteiger partial charge in [-0.2, -0.15) is 0 Å². The zero-order chi connectivity index (χ0) is 24.9. The average molecular weight is 498 g/mol. The maximum absolute atomic E-state index is 13.4. The minimum atomic E-state index is -0.992. The van der Waals surface area contributed by atoms with Gasteiger partial charge in [-0.1, -0.05) is 29.8 Å². The molecule has 3 N–H and O–H groups in total. The van der Waals surface area contributed by atoms with Gasteiger partial charge in [0.15, 0.2) is 0 Å². The Morgan fingerprint density at radius 1 is 1.00 bits per heavy atom. The molecule has 1 aliphatic carbocycles. The molecule has 0 spiro atoms. The van der Waals surface area contributed by atoms with Gasteiger partial charge >= 0.3 is 5.97 Å². The van der Waals surface area contributed by atoms with Crippen LogP contribution in [0, 0.1) is 18.8 Å². The highest BCUT2D eigenvalue weighted by atomic mass is 35.5. The van der Waals surface area contributed by atoms with E-state index in [0.29, 0.717) is 61.1 Å². The van der Waals surface area contributed by atoms with Crippen molar-refractivity contribution in [2.24, 2.45) is 11.8 Å². The van der Waals surface area contributed by atoms with E-state index in [4.69, 9.17) is 16.3 Å². The molecule has 2 aliphatic rings. The predicted molar refractivity (Wildman–Crippen MR) is 135 cm³/mol. The highest BCUT2D eigenvalue weighted by molar-refractivity contribution is 6.31. The zero-order valence-electron chi connectivity index (χ0n) is 19.4. The summed E-state index contributed by atoms with van der Waals surface area (Å²) in [6, 6.07) is 10.4. The largest absolute Gasteiger partial charge is 0.481 e.